The molecule has 0 fully saturated rings. The molecule has 0 aliphatic carbocycles. The number of hydrogen-bond acceptors (Lipinski definition) is 4. The van der Waals surface area contributed by atoms with Crippen LogP contribution in [0.25, 0.3) is 0 Å². The fourth-order valence-corrected chi connectivity index (χ4v) is 2.04. The third-order valence-electron chi connectivity index (χ3n) is 2.91. The van der Waals surface area contributed by atoms with E-state index < -0.39 is 0 Å². The lowest BCUT2D eigenvalue weighted by Crippen LogP contribution is -2.16. The highest BCUT2D eigenvalue weighted by Crippen LogP contribution is 2.34. The van der Waals surface area contributed by atoms with Gasteiger partial charge in [0.05, 0.1) is 12.0 Å². The second kappa shape index (κ2) is 4.00. The highest BCUT2D eigenvalue weighted by Gasteiger charge is 2.27. The van der Waals surface area contributed by atoms with Gasteiger partial charge in [-0.05, 0) is 12.3 Å². The van der Waals surface area contributed by atoms with Crippen molar-refractivity contribution in [1.82, 2.24) is 4.98 Å². The van der Waals surface area contributed by atoms with E-state index in [1.54, 1.807) is 0 Å². The Morgan fingerprint density at radius 1 is 1.56 bits per heavy atom. The van der Waals surface area contributed by atoms with Crippen LogP contribution in [0.4, 0.5) is 0 Å². The van der Waals surface area contributed by atoms with Crippen LogP contribution in [0.1, 0.15) is 36.8 Å². The van der Waals surface area contributed by atoms with Crippen molar-refractivity contribution in [1.29, 1.82) is 0 Å². The number of cyclic esters (lactones) is 1. The maximum absolute atomic E-state index is 11.6. The Labute approximate surface area is 92.1 Å². The predicted octanol–water partition coefficient (Wildman–Crippen LogP) is 1.02. The molecule has 1 aromatic rings. The molecule has 2 heterocycles. The summed E-state index contributed by atoms with van der Waals surface area (Å²) in [6.07, 6.45) is 2.15. The minimum absolute atomic E-state index is 0.0275. The number of nitrogens with one attached hydrogen (secondary N) is 1. The standard InChI is InChI=1S/C11H13NO4/c1-2-6-3-9(14)16-5-7-10(6)8(13)4-12-11(7)15/h4,6,13H,2-3,5H2,1H3,(H,12,15). The Hall–Kier alpha value is -1.78. The second-order valence-corrected chi connectivity index (χ2v) is 3.87. The second-order valence-electron chi connectivity index (χ2n) is 3.87. The Kier molecular flexibility index (Phi) is 2.68. The Morgan fingerprint density at radius 2 is 2.31 bits per heavy atom. The molecule has 2 N–H and O–H groups in total. The van der Waals surface area contributed by atoms with Crippen LogP contribution in [-0.4, -0.2) is 16.1 Å². The van der Waals surface area contributed by atoms with Crippen LogP contribution in [0.2, 0.25) is 0 Å². The zero-order valence-corrected chi connectivity index (χ0v) is 8.95. The molecule has 1 atom stereocenters. The number of esters is 1. The van der Waals surface area contributed by atoms with Crippen LogP contribution < -0.4 is 5.56 Å². The first-order valence-electron chi connectivity index (χ1n) is 5.22. The van der Waals surface area contributed by atoms with E-state index in [9.17, 15) is 14.7 Å². The fourth-order valence-electron chi connectivity index (χ4n) is 2.04. The lowest BCUT2D eigenvalue weighted by molar-refractivity contribution is -0.144. The normalized spacial score (nSPS) is 19.8. The Balaban J connectivity index is 2.61. The minimum atomic E-state index is -0.332. The van der Waals surface area contributed by atoms with Crippen molar-refractivity contribution in [3.05, 3.63) is 27.7 Å². The molecule has 0 saturated heterocycles. The number of aromatic amines is 1. The molecule has 0 spiro atoms. The number of carbonyl (C=O) groups excluding carboxylic acids is 1. The van der Waals surface area contributed by atoms with Crippen molar-refractivity contribution in [2.75, 3.05) is 0 Å². The molecule has 0 aromatic carbocycles. The van der Waals surface area contributed by atoms with Gasteiger partial charge in [0.2, 0.25) is 0 Å². The molecule has 5 nitrogen and oxygen atoms in total. The summed E-state index contributed by atoms with van der Waals surface area (Å²) in [7, 11) is 0. The molecule has 0 radical (unpaired) electrons. The van der Waals surface area contributed by atoms with E-state index >= 15 is 0 Å². The van der Waals surface area contributed by atoms with Crippen molar-refractivity contribution in [2.24, 2.45) is 0 Å². The van der Waals surface area contributed by atoms with Crippen molar-refractivity contribution < 1.29 is 14.6 Å². The molecule has 0 bridgehead atoms. The van der Waals surface area contributed by atoms with Gasteiger partial charge < -0.3 is 14.8 Å². The van der Waals surface area contributed by atoms with Crippen LogP contribution in [0.15, 0.2) is 11.0 Å². The van der Waals surface area contributed by atoms with E-state index in [0.29, 0.717) is 17.5 Å². The number of aromatic hydroxyl groups is 1. The van der Waals surface area contributed by atoms with Gasteiger partial charge in [0.1, 0.15) is 12.4 Å². The van der Waals surface area contributed by atoms with E-state index in [1.165, 1.54) is 6.20 Å². The summed E-state index contributed by atoms with van der Waals surface area (Å²) in [4.78, 5) is 25.3. The minimum Gasteiger partial charge on any atom is -0.506 e. The molecule has 1 aliphatic rings. The molecular weight excluding hydrogens is 210 g/mol. The number of H-pyrrole nitrogens is 1. The van der Waals surface area contributed by atoms with Crippen LogP contribution in [0.3, 0.4) is 0 Å². The molecule has 86 valence electrons. The van der Waals surface area contributed by atoms with Crippen molar-refractivity contribution in [3.63, 3.8) is 0 Å². The third kappa shape index (κ3) is 1.68. The smallest absolute Gasteiger partial charge is 0.306 e. The van der Waals surface area contributed by atoms with Crippen LogP contribution in [-0.2, 0) is 16.1 Å². The van der Waals surface area contributed by atoms with E-state index in [4.69, 9.17) is 4.74 Å². The molecule has 1 aromatic heterocycles. The number of carbonyl (C=O) groups is 1. The van der Waals surface area contributed by atoms with Gasteiger partial charge in [0.25, 0.3) is 5.56 Å². The van der Waals surface area contributed by atoms with E-state index in [0.717, 1.165) is 0 Å². The quantitative estimate of drug-likeness (QED) is 0.696. The Bertz CT molecular complexity index is 477. The van der Waals surface area contributed by atoms with Gasteiger partial charge in [-0.15, -0.1) is 0 Å². The lowest BCUT2D eigenvalue weighted by atomic mass is 9.91. The number of rotatable bonds is 1. The zero-order valence-electron chi connectivity index (χ0n) is 8.95. The first-order valence-corrected chi connectivity index (χ1v) is 5.22. The van der Waals surface area contributed by atoms with E-state index in [-0.39, 0.29) is 36.2 Å². The highest BCUT2D eigenvalue weighted by atomic mass is 16.5. The van der Waals surface area contributed by atoms with Crippen LogP contribution in [0, 0.1) is 0 Å². The molecule has 5 heteroatoms. The summed E-state index contributed by atoms with van der Waals surface area (Å²) in [5.41, 5.74) is 0.607. The molecule has 0 saturated carbocycles. The SMILES string of the molecule is CCC1CC(=O)OCc2c1c(O)c[nH]c2=O. The molecular formula is C11H13NO4. The monoisotopic (exact) mass is 223 g/mol. The van der Waals surface area contributed by atoms with Crippen molar-refractivity contribution in [2.45, 2.75) is 32.3 Å². The largest absolute Gasteiger partial charge is 0.506 e. The predicted molar refractivity (Wildman–Crippen MR) is 56.2 cm³/mol. The molecule has 16 heavy (non-hydrogen) atoms. The van der Waals surface area contributed by atoms with Crippen LogP contribution >= 0.6 is 0 Å². The van der Waals surface area contributed by atoms with Gasteiger partial charge in [-0.1, -0.05) is 6.92 Å². The number of aromatic nitrogens is 1. The number of pyridine rings is 1. The summed E-state index contributed by atoms with van der Waals surface area (Å²) in [5.74, 6) is -0.450. The first kappa shape index (κ1) is 10.7. The number of hydrogen-bond donors (Lipinski definition) is 2. The highest BCUT2D eigenvalue weighted by molar-refractivity contribution is 5.72. The van der Waals surface area contributed by atoms with Gasteiger partial charge in [0.15, 0.2) is 0 Å². The fraction of sp³-hybridized carbons (Fsp3) is 0.455. The maximum atomic E-state index is 11.6. The van der Waals surface area contributed by atoms with Gasteiger partial charge in [-0.2, -0.15) is 0 Å². The summed E-state index contributed by atoms with van der Waals surface area (Å²) >= 11 is 0. The van der Waals surface area contributed by atoms with E-state index in [2.05, 4.69) is 4.98 Å². The van der Waals surface area contributed by atoms with Gasteiger partial charge in [-0.3, -0.25) is 9.59 Å². The summed E-state index contributed by atoms with van der Waals surface area (Å²) in [6.45, 7) is 1.85. The van der Waals surface area contributed by atoms with Gasteiger partial charge in [0, 0.05) is 11.8 Å². The molecule has 1 unspecified atom stereocenters. The third-order valence-corrected chi connectivity index (χ3v) is 2.91. The molecule has 0 amide bonds. The van der Waals surface area contributed by atoms with Gasteiger partial charge in [-0.25, -0.2) is 0 Å². The topological polar surface area (TPSA) is 79.4 Å². The molecule has 2 rings (SSSR count). The lowest BCUT2D eigenvalue weighted by Gasteiger charge is -2.14. The zero-order chi connectivity index (χ0) is 11.7. The Morgan fingerprint density at radius 3 is 3.00 bits per heavy atom. The van der Waals surface area contributed by atoms with Crippen LogP contribution in [0.5, 0.6) is 5.75 Å². The van der Waals surface area contributed by atoms with Crippen molar-refractivity contribution in [3.8, 4) is 5.75 Å². The van der Waals surface area contributed by atoms with Gasteiger partial charge >= 0.3 is 5.97 Å². The summed E-state index contributed by atoms with van der Waals surface area (Å²) < 4.78 is 4.93. The first-order chi connectivity index (χ1) is 7.63. The summed E-state index contributed by atoms with van der Waals surface area (Å²) in [5, 5.41) is 9.76. The number of fused-ring (bicyclic) bond motifs is 1. The maximum Gasteiger partial charge on any atom is 0.306 e. The molecule has 1 aliphatic heterocycles. The average molecular weight is 223 g/mol. The summed E-state index contributed by atoms with van der Waals surface area (Å²) in [6, 6.07) is 0. The van der Waals surface area contributed by atoms with E-state index in [1.807, 2.05) is 6.92 Å². The number of ether oxygens (including phenoxy) is 1. The average Bonchev–Trinajstić information content (AvgIpc) is 2.44. The van der Waals surface area contributed by atoms with Crippen molar-refractivity contribution >= 4 is 5.97 Å².